The van der Waals surface area contributed by atoms with E-state index in [2.05, 4.69) is 9.97 Å². The van der Waals surface area contributed by atoms with Gasteiger partial charge in [0.2, 0.25) is 11.2 Å². The Kier molecular flexibility index (Phi) is 2.71. The number of hydrogen-bond acceptors (Lipinski definition) is 3. The molecule has 6 heteroatoms. The van der Waals surface area contributed by atoms with Crippen LogP contribution >= 0.6 is 11.6 Å². The van der Waals surface area contributed by atoms with Crippen molar-refractivity contribution >= 4 is 23.3 Å². The largest absolute Gasteiger partial charge is 0.297 e. The Morgan fingerprint density at radius 1 is 1.38 bits per heavy atom. The van der Waals surface area contributed by atoms with Crippen LogP contribution < -0.4 is 10.5 Å². The molecule has 0 aliphatic carbocycles. The molecule has 1 aromatic rings. The van der Waals surface area contributed by atoms with E-state index in [0.717, 1.165) is 0 Å². The van der Waals surface area contributed by atoms with Gasteiger partial charge in [-0.15, -0.1) is 0 Å². The van der Waals surface area contributed by atoms with Gasteiger partial charge in [0.15, 0.2) is 0 Å². The lowest BCUT2D eigenvalue weighted by Crippen LogP contribution is -2.43. The number of carbonyl (C=O) groups excluding carboxylic acids is 1. The fourth-order valence-corrected chi connectivity index (χ4v) is 2.05. The maximum atomic E-state index is 11.8. The molecule has 0 unspecified atom stereocenters. The van der Waals surface area contributed by atoms with Gasteiger partial charge in [-0.25, -0.2) is 4.98 Å². The smallest absolute Gasteiger partial charge is 0.257 e. The molecule has 16 heavy (non-hydrogen) atoms. The van der Waals surface area contributed by atoms with Crippen molar-refractivity contribution in [2.45, 2.75) is 32.7 Å². The molecule has 0 atom stereocenters. The van der Waals surface area contributed by atoms with Gasteiger partial charge >= 0.3 is 0 Å². The number of nitrogens with one attached hydrogen (secondary N) is 1. The van der Waals surface area contributed by atoms with Crippen molar-refractivity contribution in [1.82, 2.24) is 9.97 Å². The van der Waals surface area contributed by atoms with Gasteiger partial charge in [-0.1, -0.05) is 0 Å². The van der Waals surface area contributed by atoms with Crippen LogP contribution in [-0.4, -0.2) is 21.9 Å². The highest BCUT2D eigenvalue weighted by atomic mass is 35.5. The van der Waals surface area contributed by atoms with Crippen LogP contribution in [0.5, 0.6) is 0 Å². The van der Waals surface area contributed by atoms with E-state index in [1.165, 1.54) is 4.90 Å². The van der Waals surface area contributed by atoms with Crippen molar-refractivity contribution in [3.8, 4) is 0 Å². The summed E-state index contributed by atoms with van der Waals surface area (Å²) in [6.07, 6.45) is 0.772. The molecule has 1 aromatic heterocycles. The quantitative estimate of drug-likeness (QED) is 0.749. The van der Waals surface area contributed by atoms with E-state index in [9.17, 15) is 9.59 Å². The molecule has 0 spiro atoms. The molecule has 5 nitrogen and oxygen atoms in total. The highest BCUT2D eigenvalue weighted by Crippen LogP contribution is 2.25. The Hall–Kier alpha value is -1.36. The summed E-state index contributed by atoms with van der Waals surface area (Å²) in [6.45, 7) is 3.76. The first-order valence-electron chi connectivity index (χ1n) is 5.11. The number of aromatic amines is 1. The third-order valence-electron chi connectivity index (χ3n) is 2.57. The van der Waals surface area contributed by atoms with Gasteiger partial charge in [-0.05, 0) is 31.9 Å². The number of hydrogen-bond donors (Lipinski definition) is 1. The minimum absolute atomic E-state index is 0.0170. The molecule has 2 rings (SSSR count). The number of halogens is 1. The van der Waals surface area contributed by atoms with E-state index in [1.807, 2.05) is 13.8 Å². The second-order valence-corrected chi connectivity index (χ2v) is 4.37. The predicted octanol–water partition coefficient (Wildman–Crippen LogP) is 1.11. The van der Waals surface area contributed by atoms with Crippen molar-refractivity contribution in [1.29, 1.82) is 0 Å². The summed E-state index contributed by atoms with van der Waals surface area (Å²) in [6, 6.07) is -0.0306. The average molecular weight is 242 g/mol. The first-order chi connectivity index (χ1) is 7.50. The van der Waals surface area contributed by atoms with Crippen molar-refractivity contribution in [2.75, 3.05) is 4.90 Å². The Balaban J connectivity index is 2.63. The van der Waals surface area contributed by atoms with Gasteiger partial charge in [0.05, 0.1) is 5.56 Å². The maximum Gasteiger partial charge on any atom is 0.257 e. The summed E-state index contributed by atoms with van der Waals surface area (Å²) >= 11 is 5.70. The standard InChI is InChI=1S/C10H12ClN3O2/c1-5(2)14-7(15)4-3-6-8(14)12-10(11)13-9(6)16/h5H,3-4H2,1-2H3,(H,12,13,16). The number of H-pyrrole nitrogens is 1. The van der Waals surface area contributed by atoms with E-state index in [0.29, 0.717) is 24.2 Å². The number of anilines is 1. The minimum atomic E-state index is -0.256. The topological polar surface area (TPSA) is 66.1 Å². The average Bonchev–Trinajstić information content (AvgIpc) is 2.15. The lowest BCUT2D eigenvalue weighted by Gasteiger charge is -2.30. The first kappa shape index (κ1) is 11.1. The van der Waals surface area contributed by atoms with Crippen LogP contribution in [0, 0.1) is 0 Å². The summed E-state index contributed by atoms with van der Waals surface area (Å²) in [7, 11) is 0. The fourth-order valence-electron chi connectivity index (χ4n) is 1.89. The van der Waals surface area contributed by atoms with Gasteiger partial charge in [0.1, 0.15) is 5.82 Å². The third-order valence-corrected chi connectivity index (χ3v) is 2.75. The molecule has 0 radical (unpaired) electrons. The van der Waals surface area contributed by atoms with E-state index in [-0.39, 0.29) is 22.8 Å². The normalized spacial score (nSPS) is 15.5. The van der Waals surface area contributed by atoms with E-state index in [1.54, 1.807) is 0 Å². The van der Waals surface area contributed by atoms with Crippen LogP contribution in [0.15, 0.2) is 4.79 Å². The van der Waals surface area contributed by atoms with Crippen molar-refractivity contribution in [3.63, 3.8) is 0 Å². The molecule has 2 heterocycles. The van der Waals surface area contributed by atoms with Crippen molar-refractivity contribution < 1.29 is 4.79 Å². The van der Waals surface area contributed by atoms with Crippen LogP contribution in [-0.2, 0) is 11.2 Å². The molecule has 0 bridgehead atoms. The SMILES string of the molecule is CC(C)N1C(=O)CCc2c1nc(Cl)[nH]c2=O. The predicted molar refractivity (Wildman–Crippen MR) is 60.8 cm³/mol. The number of nitrogens with zero attached hydrogens (tertiary/aromatic N) is 2. The van der Waals surface area contributed by atoms with E-state index < -0.39 is 0 Å². The molecule has 1 amide bonds. The zero-order valence-corrected chi connectivity index (χ0v) is 9.84. The molecule has 1 aliphatic rings. The zero-order chi connectivity index (χ0) is 11.9. The maximum absolute atomic E-state index is 11.8. The molecule has 0 saturated carbocycles. The summed E-state index contributed by atoms with van der Waals surface area (Å²) in [5, 5.41) is 0.0177. The molecule has 1 aliphatic heterocycles. The zero-order valence-electron chi connectivity index (χ0n) is 9.08. The van der Waals surface area contributed by atoms with Gasteiger partial charge in [-0.3, -0.25) is 19.5 Å². The second-order valence-electron chi connectivity index (χ2n) is 4.02. The highest BCUT2D eigenvalue weighted by Gasteiger charge is 2.29. The third kappa shape index (κ3) is 1.71. The number of amides is 1. The van der Waals surface area contributed by atoms with Crippen molar-refractivity contribution in [2.24, 2.45) is 0 Å². The van der Waals surface area contributed by atoms with E-state index >= 15 is 0 Å². The van der Waals surface area contributed by atoms with Crippen LogP contribution in [0.3, 0.4) is 0 Å². The van der Waals surface area contributed by atoms with Crippen LogP contribution in [0.4, 0.5) is 5.82 Å². The lowest BCUT2D eigenvalue weighted by atomic mass is 10.1. The lowest BCUT2D eigenvalue weighted by molar-refractivity contribution is -0.119. The Morgan fingerprint density at radius 3 is 2.69 bits per heavy atom. The number of carbonyl (C=O) groups is 1. The number of aromatic nitrogens is 2. The Morgan fingerprint density at radius 2 is 2.06 bits per heavy atom. The molecule has 0 fully saturated rings. The van der Waals surface area contributed by atoms with Crippen LogP contribution in [0.2, 0.25) is 5.28 Å². The minimum Gasteiger partial charge on any atom is -0.297 e. The Bertz CT molecular complexity index is 495. The first-order valence-corrected chi connectivity index (χ1v) is 5.49. The van der Waals surface area contributed by atoms with Crippen LogP contribution in [0.25, 0.3) is 0 Å². The highest BCUT2D eigenvalue weighted by molar-refractivity contribution is 6.28. The summed E-state index contributed by atoms with van der Waals surface area (Å²) in [5.41, 5.74) is 0.283. The van der Waals surface area contributed by atoms with Gasteiger partial charge < -0.3 is 0 Å². The number of fused-ring (bicyclic) bond motifs is 1. The molecular formula is C10H12ClN3O2. The fraction of sp³-hybridized carbons (Fsp3) is 0.500. The summed E-state index contributed by atoms with van der Waals surface area (Å²) in [4.78, 5) is 31.4. The Labute approximate surface area is 97.4 Å². The van der Waals surface area contributed by atoms with Crippen LogP contribution in [0.1, 0.15) is 25.8 Å². The van der Waals surface area contributed by atoms with E-state index in [4.69, 9.17) is 11.6 Å². The monoisotopic (exact) mass is 241 g/mol. The molecule has 0 aromatic carbocycles. The molecule has 0 saturated heterocycles. The molecule has 1 N–H and O–H groups in total. The van der Waals surface area contributed by atoms with Crippen molar-refractivity contribution in [3.05, 3.63) is 21.2 Å². The van der Waals surface area contributed by atoms with Gasteiger partial charge in [-0.2, -0.15) is 0 Å². The van der Waals surface area contributed by atoms with Gasteiger partial charge in [0.25, 0.3) is 5.56 Å². The summed E-state index contributed by atoms with van der Waals surface area (Å²) in [5.74, 6) is 0.386. The van der Waals surface area contributed by atoms with Gasteiger partial charge in [0, 0.05) is 12.5 Å². The molecule has 86 valence electrons. The second kappa shape index (κ2) is 3.90. The number of rotatable bonds is 1. The molecular weight excluding hydrogens is 230 g/mol. The summed E-state index contributed by atoms with van der Waals surface area (Å²) < 4.78 is 0.